The number of fused-ring (bicyclic) bond motifs is 3. The van der Waals surface area contributed by atoms with Crippen molar-refractivity contribution in [3.8, 4) is 0 Å². The highest BCUT2D eigenvalue weighted by molar-refractivity contribution is 6.04. The normalized spacial score (nSPS) is 11.5. The van der Waals surface area contributed by atoms with Crippen LogP contribution in [0.5, 0.6) is 0 Å². The van der Waals surface area contributed by atoms with E-state index in [1.807, 2.05) is 0 Å². The van der Waals surface area contributed by atoms with Crippen LogP contribution in [-0.4, -0.2) is 9.97 Å². The van der Waals surface area contributed by atoms with Gasteiger partial charge in [0.05, 0.1) is 11.0 Å². The van der Waals surface area contributed by atoms with Gasteiger partial charge in [-0.3, -0.25) is 0 Å². The van der Waals surface area contributed by atoms with Gasteiger partial charge in [0.15, 0.2) is 0 Å². The zero-order valence-electron chi connectivity index (χ0n) is 11.5. The van der Waals surface area contributed by atoms with Gasteiger partial charge >= 0.3 is 0 Å². The van der Waals surface area contributed by atoms with Crippen LogP contribution in [0.1, 0.15) is 25.2 Å². The van der Waals surface area contributed by atoms with Crippen LogP contribution < -0.4 is 10.4 Å². The Kier molecular flexibility index (Phi) is 2.67. The van der Waals surface area contributed by atoms with E-state index in [1.54, 1.807) is 0 Å². The highest BCUT2D eigenvalue weighted by Gasteiger charge is 2.09. The van der Waals surface area contributed by atoms with E-state index in [0.717, 1.165) is 40.1 Å². The summed E-state index contributed by atoms with van der Waals surface area (Å²) in [6, 6.07) is 6.57. The predicted molar refractivity (Wildman–Crippen MR) is 82.6 cm³/mol. The third kappa shape index (κ3) is 1.67. The van der Waals surface area contributed by atoms with Gasteiger partial charge in [0.1, 0.15) is 5.82 Å². The summed E-state index contributed by atoms with van der Waals surface area (Å²) < 4.78 is 0. The predicted octanol–water partition coefficient (Wildman–Crippen LogP) is 2.66. The minimum absolute atomic E-state index is 0.898. The molecule has 0 amide bonds. The lowest BCUT2D eigenvalue weighted by Gasteiger charge is -2.04. The number of aryl methyl sites for hydroxylation is 2. The summed E-state index contributed by atoms with van der Waals surface area (Å²) >= 11 is 0. The molecule has 0 fully saturated rings. The number of aromatic nitrogens is 2. The van der Waals surface area contributed by atoms with Crippen LogP contribution in [0.4, 0.5) is 0 Å². The fourth-order valence-corrected chi connectivity index (χ4v) is 2.59. The second-order valence-electron chi connectivity index (χ2n) is 4.95. The molecule has 0 radical (unpaired) electrons. The van der Waals surface area contributed by atoms with Crippen molar-refractivity contribution in [1.82, 2.24) is 9.97 Å². The highest BCUT2D eigenvalue weighted by atomic mass is 14.9. The van der Waals surface area contributed by atoms with Gasteiger partial charge in [0.25, 0.3) is 0 Å². The monoisotopic (exact) mass is 250 g/mol. The van der Waals surface area contributed by atoms with Crippen molar-refractivity contribution >= 4 is 35.0 Å². The SMILES string of the molecule is C=c1c(=C)c2nc(CC)[nH]c2c2ccc(CC)cc12. The van der Waals surface area contributed by atoms with Crippen molar-refractivity contribution in [2.75, 3.05) is 0 Å². The average molecular weight is 250 g/mol. The number of nitrogens with one attached hydrogen (secondary N) is 1. The summed E-state index contributed by atoms with van der Waals surface area (Å²) in [6.45, 7) is 12.6. The molecule has 0 unspecified atom stereocenters. The number of hydrogen-bond donors (Lipinski definition) is 1. The van der Waals surface area contributed by atoms with E-state index in [0.29, 0.717) is 0 Å². The molecule has 2 aromatic carbocycles. The lowest BCUT2D eigenvalue weighted by Crippen LogP contribution is -2.23. The summed E-state index contributed by atoms with van der Waals surface area (Å²) in [5, 5.41) is 4.30. The van der Waals surface area contributed by atoms with E-state index < -0.39 is 0 Å². The van der Waals surface area contributed by atoms with Crippen LogP contribution in [0.2, 0.25) is 0 Å². The van der Waals surface area contributed by atoms with E-state index in [4.69, 9.17) is 0 Å². The van der Waals surface area contributed by atoms with E-state index in [9.17, 15) is 0 Å². The Labute approximate surface area is 112 Å². The summed E-state index contributed by atoms with van der Waals surface area (Å²) in [5.74, 6) is 1.01. The van der Waals surface area contributed by atoms with Gasteiger partial charge in [-0.15, -0.1) is 0 Å². The molecule has 1 N–H and O–H groups in total. The second-order valence-corrected chi connectivity index (χ2v) is 4.95. The maximum Gasteiger partial charge on any atom is 0.106 e. The van der Waals surface area contributed by atoms with Gasteiger partial charge in [-0.25, -0.2) is 4.98 Å². The summed E-state index contributed by atoms with van der Waals surface area (Å²) in [7, 11) is 0. The molecule has 0 saturated carbocycles. The number of benzene rings is 2. The molecular formula is C17H18N2. The van der Waals surface area contributed by atoms with Crippen LogP contribution in [0.25, 0.3) is 35.0 Å². The van der Waals surface area contributed by atoms with Crippen LogP contribution in [0.3, 0.4) is 0 Å². The smallest absolute Gasteiger partial charge is 0.106 e. The lowest BCUT2D eigenvalue weighted by atomic mass is 10.0. The van der Waals surface area contributed by atoms with Crippen molar-refractivity contribution in [1.29, 1.82) is 0 Å². The van der Waals surface area contributed by atoms with Crippen LogP contribution >= 0.6 is 0 Å². The molecular weight excluding hydrogens is 232 g/mol. The Balaban J connectivity index is 2.56. The first-order chi connectivity index (χ1) is 9.15. The Bertz CT molecular complexity index is 872. The van der Waals surface area contributed by atoms with Crippen molar-refractivity contribution in [2.45, 2.75) is 26.7 Å². The minimum Gasteiger partial charge on any atom is -0.341 e. The van der Waals surface area contributed by atoms with Gasteiger partial charge in [-0.2, -0.15) is 0 Å². The van der Waals surface area contributed by atoms with Crippen molar-refractivity contribution < 1.29 is 0 Å². The molecule has 19 heavy (non-hydrogen) atoms. The Hall–Kier alpha value is -2.09. The largest absolute Gasteiger partial charge is 0.341 e. The molecule has 1 heterocycles. The van der Waals surface area contributed by atoms with Crippen molar-refractivity contribution in [3.05, 3.63) is 40.0 Å². The maximum atomic E-state index is 4.63. The molecule has 1 aromatic heterocycles. The molecule has 0 spiro atoms. The fourth-order valence-electron chi connectivity index (χ4n) is 2.59. The molecule has 96 valence electrons. The molecule has 3 rings (SSSR count). The average Bonchev–Trinajstić information content (AvgIpc) is 2.88. The molecule has 3 aromatic rings. The van der Waals surface area contributed by atoms with Gasteiger partial charge in [-0.1, -0.05) is 45.2 Å². The van der Waals surface area contributed by atoms with Gasteiger partial charge in [0, 0.05) is 17.0 Å². The quantitative estimate of drug-likeness (QED) is 0.744. The van der Waals surface area contributed by atoms with Gasteiger partial charge in [0.2, 0.25) is 0 Å². The first-order valence-electron chi connectivity index (χ1n) is 6.76. The van der Waals surface area contributed by atoms with Gasteiger partial charge in [-0.05, 0) is 22.6 Å². The number of imidazole rings is 1. The van der Waals surface area contributed by atoms with Crippen LogP contribution in [0.15, 0.2) is 18.2 Å². The van der Waals surface area contributed by atoms with E-state index in [2.05, 4.69) is 55.2 Å². The summed E-state index contributed by atoms with van der Waals surface area (Å²) in [4.78, 5) is 8.04. The zero-order valence-corrected chi connectivity index (χ0v) is 11.5. The molecule has 0 aliphatic rings. The number of hydrogen-bond acceptors (Lipinski definition) is 1. The van der Waals surface area contributed by atoms with Crippen LogP contribution in [0, 0.1) is 0 Å². The maximum absolute atomic E-state index is 4.63. The number of aromatic amines is 1. The first-order valence-corrected chi connectivity index (χ1v) is 6.76. The molecule has 0 atom stereocenters. The molecule has 2 heteroatoms. The standard InChI is InChI=1S/C17H18N2/c1-5-12-7-8-13-14(9-12)10(3)11(4)16-17(13)19-15(6-2)18-16/h7-9H,3-6H2,1-2H3,(H,18,19). The second kappa shape index (κ2) is 4.23. The molecule has 0 aliphatic heterocycles. The Morgan fingerprint density at radius 1 is 1.05 bits per heavy atom. The molecule has 0 aliphatic carbocycles. The Morgan fingerprint density at radius 3 is 2.53 bits per heavy atom. The van der Waals surface area contributed by atoms with Crippen molar-refractivity contribution in [3.63, 3.8) is 0 Å². The Morgan fingerprint density at radius 2 is 1.84 bits per heavy atom. The first kappa shape index (κ1) is 12.0. The fraction of sp³-hybridized carbons (Fsp3) is 0.235. The number of rotatable bonds is 2. The van der Waals surface area contributed by atoms with Gasteiger partial charge < -0.3 is 4.98 Å². The lowest BCUT2D eigenvalue weighted by molar-refractivity contribution is 1.00. The highest BCUT2D eigenvalue weighted by Crippen LogP contribution is 2.20. The number of H-pyrrole nitrogens is 1. The third-order valence-electron chi connectivity index (χ3n) is 3.82. The van der Waals surface area contributed by atoms with E-state index in [1.165, 1.54) is 16.3 Å². The van der Waals surface area contributed by atoms with Crippen molar-refractivity contribution in [2.24, 2.45) is 0 Å². The summed E-state index contributed by atoms with van der Waals surface area (Å²) in [5.41, 5.74) is 3.37. The van der Waals surface area contributed by atoms with E-state index in [-0.39, 0.29) is 0 Å². The topological polar surface area (TPSA) is 28.7 Å². The number of nitrogens with zero attached hydrogens (tertiary/aromatic N) is 1. The summed E-state index contributed by atoms with van der Waals surface area (Å²) in [6.07, 6.45) is 1.93. The van der Waals surface area contributed by atoms with E-state index >= 15 is 0 Å². The van der Waals surface area contributed by atoms with Crippen LogP contribution in [-0.2, 0) is 12.8 Å². The molecule has 0 saturated heterocycles. The third-order valence-corrected chi connectivity index (χ3v) is 3.82. The zero-order chi connectivity index (χ0) is 13.6. The molecule has 2 nitrogen and oxygen atoms in total. The molecule has 0 bridgehead atoms. The minimum atomic E-state index is 0.898.